The molecule has 6 nitrogen and oxygen atoms in total. The molecule has 1 saturated heterocycles. The van der Waals surface area contributed by atoms with Gasteiger partial charge in [-0.25, -0.2) is 9.97 Å². The van der Waals surface area contributed by atoms with Crippen molar-refractivity contribution < 1.29 is 9.53 Å². The largest absolute Gasteiger partial charge is 0.378 e. The van der Waals surface area contributed by atoms with E-state index < -0.39 is 0 Å². The number of benzene rings is 1. The first-order valence-corrected chi connectivity index (χ1v) is 10.6. The second-order valence-electron chi connectivity index (χ2n) is 6.35. The molecule has 4 rings (SSSR count). The van der Waals surface area contributed by atoms with Gasteiger partial charge in [0, 0.05) is 41.2 Å². The topological polar surface area (TPSA) is 67.4 Å². The number of aromatic nitrogens is 2. The van der Waals surface area contributed by atoms with Gasteiger partial charge in [-0.1, -0.05) is 28.1 Å². The van der Waals surface area contributed by atoms with Crippen LogP contribution >= 0.6 is 27.3 Å². The molecule has 1 amide bonds. The first-order chi connectivity index (χ1) is 13.7. The Balaban J connectivity index is 1.44. The average Bonchev–Trinajstić information content (AvgIpc) is 3.23. The van der Waals surface area contributed by atoms with Crippen LogP contribution in [0, 0.1) is 0 Å². The molecule has 28 heavy (non-hydrogen) atoms. The summed E-state index contributed by atoms with van der Waals surface area (Å²) in [6, 6.07) is 11.8. The number of carbonyl (C=O) groups is 1. The Kier molecular flexibility index (Phi) is 5.99. The van der Waals surface area contributed by atoms with Crippen LogP contribution in [0.25, 0.3) is 10.6 Å². The van der Waals surface area contributed by atoms with Crippen LogP contribution in [0.5, 0.6) is 0 Å². The number of hydrogen-bond acceptors (Lipinski definition) is 6. The smallest absolute Gasteiger partial charge is 0.271 e. The maximum absolute atomic E-state index is 12.4. The molecule has 0 radical (unpaired) electrons. The molecule has 0 spiro atoms. The zero-order chi connectivity index (χ0) is 19.3. The quantitative estimate of drug-likeness (QED) is 0.630. The molecule has 0 atom stereocenters. The third-order valence-corrected chi connectivity index (χ3v) is 5.79. The molecule has 1 aromatic carbocycles. The van der Waals surface area contributed by atoms with Crippen molar-refractivity contribution in [3.05, 3.63) is 63.7 Å². The first kappa shape index (κ1) is 19.0. The van der Waals surface area contributed by atoms with Gasteiger partial charge in [0.2, 0.25) is 0 Å². The molecule has 0 saturated carbocycles. The van der Waals surface area contributed by atoms with Gasteiger partial charge in [0.15, 0.2) is 0 Å². The summed E-state index contributed by atoms with van der Waals surface area (Å²) in [5, 5.41) is 5.52. The zero-order valence-electron chi connectivity index (χ0n) is 15.1. The highest BCUT2D eigenvalue weighted by Crippen LogP contribution is 2.26. The van der Waals surface area contributed by atoms with Crippen LogP contribution in [0.2, 0.25) is 0 Å². The summed E-state index contributed by atoms with van der Waals surface area (Å²) >= 11 is 4.90. The number of halogens is 1. The summed E-state index contributed by atoms with van der Waals surface area (Å²) in [5.74, 6) is 0.738. The average molecular weight is 459 g/mol. The van der Waals surface area contributed by atoms with Gasteiger partial charge >= 0.3 is 0 Å². The standard InChI is InChI=1S/C20H19BrN4O2S/c21-16-3-1-2-14(10-16)12-23-19(26)17-13-28-20(24-17)15-4-5-22-18(11-15)25-6-8-27-9-7-25/h1-5,10-11,13H,6-9,12H2,(H,23,26). The lowest BCUT2D eigenvalue weighted by Gasteiger charge is -2.27. The summed E-state index contributed by atoms with van der Waals surface area (Å²) in [6.07, 6.45) is 1.79. The van der Waals surface area contributed by atoms with Gasteiger partial charge in [-0.05, 0) is 29.8 Å². The number of ether oxygens (including phenoxy) is 1. The molecular formula is C20H19BrN4O2S. The van der Waals surface area contributed by atoms with Crippen molar-refractivity contribution in [2.75, 3.05) is 31.2 Å². The highest BCUT2D eigenvalue weighted by atomic mass is 79.9. The maximum Gasteiger partial charge on any atom is 0.271 e. The lowest BCUT2D eigenvalue weighted by atomic mass is 10.2. The molecule has 0 aliphatic carbocycles. The number of rotatable bonds is 5. The summed E-state index contributed by atoms with van der Waals surface area (Å²) in [4.78, 5) is 23.6. The Morgan fingerprint density at radius 3 is 2.93 bits per heavy atom. The van der Waals surface area contributed by atoms with Gasteiger partial charge in [0.1, 0.15) is 16.5 Å². The van der Waals surface area contributed by atoms with Crippen LogP contribution in [0.3, 0.4) is 0 Å². The van der Waals surface area contributed by atoms with Crippen molar-refractivity contribution in [1.82, 2.24) is 15.3 Å². The number of nitrogens with one attached hydrogen (secondary N) is 1. The van der Waals surface area contributed by atoms with E-state index in [1.165, 1.54) is 11.3 Å². The van der Waals surface area contributed by atoms with Crippen LogP contribution < -0.4 is 10.2 Å². The van der Waals surface area contributed by atoms with E-state index in [-0.39, 0.29) is 5.91 Å². The number of anilines is 1. The molecule has 0 unspecified atom stereocenters. The van der Waals surface area contributed by atoms with E-state index >= 15 is 0 Å². The minimum Gasteiger partial charge on any atom is -0.378 e. The number of pyridine rings is 1. The van der Waals surface area contributed by atoms with Gasteiger partial charge in [-0.15, -0.1) is 11.3 Å². The SMILES string of the molecule is O=C(NCc1cccc(Br)c1)c1csc(-c2ccnc(N3CCOCC3)c2)n1. The monoisotopic (exact) mass is 458 g/mol. The Morgan fingerprint density at radius 1 is 1.25 bits per heavy atom. The fourth-order valence-corrected chi connectivity index (χ4v) is 4.19. The number of thiazole rings is 1. The molecule has 3 aromatic rings. The highest BCUT2D eigenvalue weighted by molar-refractivity contribution is 9.10. The van der Waals surface area contributed by atoms with E-state index in [1.807, 2.05) is 36.4 Å². The molecule has 1 N–H and O–H groups in total. The predicted octanol–water partition coefficient (Wildman–Crippen LogP) is 3.73. The number of carbonyl (C=O) groups excluding carboxylic acids is 1. The fourth-order valence-electron chi connectivity index (χ4n) is 2.95. The van der Waals surface area contributed by atoms with Crippen LogP contribution in [0.4, 0.5) is 5.82 Å². The number of nitrogens with zero attached hydrogens (tertiary/aromatic N) is 3. The number of hydrogen-bond donors (Lipinski definition) is 1. The Hall–Kier alpha value is -2.29. The predicted molar refractivity (Wildman–Crippen MR) is 114 cm³/mol. The molecule has 8 heteroatoms. The molecule has 3 heterocycles. The van der Waals surface area contributed by atoms with Gasteiger partial charge in [0.05, 0.1) is 13.2 Å². The lowest BCUT2D eigenvalue weighted by molar-refractivity contribution is 0.0946. The van der Waals surface area contributed by atoms with Crippen LogP contribution in [-0.2, 0) is 11.3 Å². The minimum absolute atomic E-state index is 0.176. The highest BCUT2D eigenvalue weighted by Gasteiger charge is 2.15. The molecule has 0 bridgehead atoms. The zero-order valence-corrected chi connectivity index (χ0v) is 17.5. The second-order valence-corrected chi connectivity index (χ2v) is 8.13. The van der Waals surface area contributed by atoms with E-state index in [9.17, 15) is 4.79 Å². The van der Waals surface area contributed by atoms with Crippen molar-refractivity contribution in [3.8, 4) is 10.6 Å². The van der Waals surface area contributed by atoms with Crippen molar-refractivity contribution in [1.29, 1.82) is 0 Å². The van der Waals surface area contributed by atoms with Gasteiger partial charge in [-0.3, -0.25) is 4.79 Å². The summed E-state index contributed by atoms with van der Waals surface area (Å²) in [7, 11) is 0. The normalized spacial score (nSPS) is 14.1. The first-order valence-electron chi connectivity index (χ1n) is 8.96. The van der Waals surface area contributed by atoms with E-state index in [2.05, 4.69) is 36.1 Å². The molecule has 1 aliphatic heterocycles. The minimum atomic E-state index is -0.176. The van der Waals surface area contributed by atoms with Crippen LogP contribution in [0.15, 0.2) is 52.4 Å². The van der Waals surface area contributed by atoms with Crippen molar-refractivity contribution in [3.63, 3.8) is 0 Å². The Bertz CT molecular complexity index is 972. The third-order valence-electron chi connectivity index (χ3n) is 4.41. The van der Waals surface area contributed by atoms with Crippen LogP contribution in [0.1, 0.15) is 16.1 Å². The fraction of sp³-hybridized carbons (Fsp3) is 0.250. The lowest BCUT2D eigenvalue weighted by Crippen LogP contribution is -2.36. The van der Waals surface area contributed by atoms with Gasteiger partial charge in [-0.2, -0.15) is 0 Å². The summed E-state index contributed by atoms with van der Waals surface area (Å²) in [5.41, 5.74) is 2.43. The third kappa shape index (κ3) is 4.57. The van der Waals surface area contributed by atoms with E-state index in [0.717, 1.165) is 39.5 Å². The Morgan fingerprint density at radius 2 is 2.11 bits per heavy atom. The molecule has 1 fully saturated rings. The maximum atomic E-state index is 12.4. The van der Waals surface area contributed by atoms with Gasteiger partial charge in [0.25, 0.3) is 5.91 Å². The Labute approximate surface area is 175 Å². The summed E-state index contributed by atoms with van der Waals surface area (Å²) < 4.78 is 6.39. The molecule has 144 valence electrons. The van der Waals surface area contributed by atoms with E-state index in [1.54, 1.807) is 11.6 Å². The van der Waals surface area contributed by atoms with Crippen molar-refractivity contribution in [2.45, 2.75) is 6.54 Å². The number of morpholine rings is 1. The van der Waals surface area contributed by atoms with Crippen molar-refractivity contribution in [2.24, 2.45) is 0 Å². The second kappa shape index (κ2) is 8.81. The molecular weight excluding hydrogens is 440 g/mol. The van der Waals surface area contributed by atoms with Crippen LogP contribution in [-0.4, -0.2) is 42.2 Å². The number of amides is 1. The van der Waals surface area contributed by atoms with Gasteiger partial charge < -0.3 is 15.0 Å². The van der Waals surface area contributed by atoms with Crippen molar-refractivity contribution >= 4 is 39.0 Å². The summed E-state index contributed by atoms with van der Waals surface area (Å²) in [6.45, 7) is 3.55. The molecule has 1 aliphatic rings. The molecule has 2 aromatic heterocycles. The van der Waals surface area contributed by atoms with E-state index in [4.69, 9.17) is 4.74 Å². The van der Waals surface area contributed by atoms with E-state index in [0.29, 0.717) is 25.5 Å².